The molecule has 1 aliphatic heterocycles. The highest BCUT2D eigenvalue weighted by atomic mass is 32.2. The van der Waals surface area contributed by atoms with E-state index in [1.807, 2.05) is 35.4 Å². The topological polar surface area (TPSA) is 75.4 Å². The number of thioether (sulfide) groups is 1. The minimum absolute atomic E-state index is 0.259. The van der Waals surface area contributed by atoms with Gasteiger partial charge in [-0.3, -0.25) is 9.69 Å². The molecule has 2 N–H and O–H groups in total. The van der Waals surface area contributed by atoms with Crippen LogP contribution in [0.3, 0.4) is 0 Å². The van der Waals surface area contributed by atoms with Crippen molar-refractivity contribution in [1.29, 1.82) is 0 Å². The first-order chi connectivity index (χ1) is 11.7. The maximum Gasteiger partial charge on any atom is 0.223 e. The molecule has 128 valence electrons. The van der Waals surface area contributed by atoms with Gasteiger partial charge in [-0.2, -0.15) is 11.8 Å². The fourth-order valence-electron chi connectivity index (χ4n) is 2.92. The summed E-state index contributed by atoms with van der Waals surface area (Å²) in [6.07, 6.45) is 2.66. The number of piperazine rings is 1. The highest BCUT2D eigenvalue weighted by Crippen LogP contribution is 2.18. The summed E-state index contributed by atoms with van der Waals surface area (Å²) < 4.78 is 0. The van der Waals surface area contributed by atoms with Gasteiger partial charge in [0.2, 0.25) is 5.91 Å². The SMILES string of the molecule is CSCCC(=O)N1CCN(Cc2nc(N)c3ccccc3n2)CC1. The van der Waals surface area contributed by atoms with E-state index in [0.717, 1.165) is 48.7 Å². The molecule has 0 saturated carbocycles. The molecule has 0 bridgehead atoms. The molecule has 1 fully saturated rings. The Labute approximate surface area is 146 Å². The zero-order valence-electron chi connectivity index (χ0n) is 13.9. The van der Waals surface area contributed by atoms with E-state index in [1.165, 1.54) is 0 Å². The van der Waals surface area contributed by atoms with E-state index in [2.05, 4.69) is 14.9 Å². The number of nitrogen functional groups attached to an aromatic ring is 1. The van der Waals surface area contributed by atoms with Crippen LogP contribution < -0.4 is 5.73 Å². The van der Waals surface area contributed by atoms with Crippen molar-refractivity contribution in [1.82, 2.24) is 19.8 Å². The Bertz CT molecular complexity index is 715. The van der Waals surface area contributed by atoms with E-state index >= 15 is 0 Å². The molecule has 7 heteroatoms. The zero-order chi connectivity index (χ0) is 16.9. The first kappa shape index (κ1) is 17.0. The van der Waals surface area contributed by atoms with Crippen LogP contribution in [0, 0.1) is 0 Å². The van der Waals surface area contributed by atoms with Crippen molar-refractivity contribution < 1.29 is 4.79 Å². The van der Waals surface area contributed by atoms with Gasteiger partial charge < -0.3 is 10.6 Å². The van der Waals surface area contributed by atoms with Crippen LogP contribution in [0.2, 0.25) is 0 Å². The average Bonchev–Trinajstić information content (AvgIpc) is 2.60. The van der Waals surface area contributed by atoms with Gasteiger partial charge in [-0.25, -0.2) is 9.97 Å². The summed E-state index contributed by atoms with van der Waals surface area (Å²) in [7, 11) is 0. The van der Waals surface area contributed by atoms with E-state index in [0.29, 0.717) is 18.8 Å². The van der Waals surface area contributed by atoms with Crippen molar-refractivity contribution in [2.75, 3.05) is 43.9 Å². The Kier molecular flexibility index (Phi) is 5.52. The van der Waals surface area contributed by atoms with Crippen LogP contribution in [0.1, 0.15) is 12.2 Å². The molecule has 24 heavy (non-hydrogen) atoms. The fourth-order valence-corrected chi connectivity index (χ4v) is 3.30. The van der Waals surface area contributed by atoms with Crippen molar-refractivity contribution in [3.8, 4) is 0 Å². The third-order valence-electron chi connectivity index (χ3n) is 4.29. The molecule has 0 atom stereocenters. The van der Waals surface area contributed by atoms with Crippen LogP contribution in [0.25, 0.3) is 10.9 Å². The zero-order valence-corrected chi connectivity index (χ0v) is 14.8. The van der Waals surface area contributed by atoms with Gasteiger partial charge >= 0.3 is 0 Å². The number of benzene rings is 1. The summed E-state index contributed by atoms with van der Waals surface area (Å²) in [5.74, 6) is 2.42. The highest BCUT2D eigenvalue weighted by Gasteiger charge is 2.21. The number of hydrogen-bond acceptors (Lipinski definition) is 6. The molecule has 2 aromatic rings. The lowest BCUT2D eigenvalue weighted by atomic mass is 10.2. The summed E-state index contributed by atoms with van der Waals surface area (Å²) in [5, 5.41) is 0.894. The molecule has 0 spiro atoms. The number of hydrogen-bond donors (Lipinski definition) is 1. The molecular weight excluding hydrogens is 322 g/mol. The monoisotopic (exact) mass is 345 g/mol. The summed E-state index contributed by atoms with van der Waals surface area (Å²) in [6.45, 7) is 3.91. The summed E-state index contributed by atoms with van der Waals surface area (Å²) >= 11 is 1.71. The van der Waals surface area contributed by atoms with E-state index in [9.17, 15) is 4.79 Å². The third kappa shape index (κ3) is 3.96. The maximum atomic E-state index is 12.1. The van der Waals surface area contributed by atoms with Gasteiger partial charge in [0.1, 0.15) is 11.6 Å². The van der Waals surface area contributed by atoms with Crippen LogP contribution in [-0.4, -0.2) is 63.9 Å². The van der Waals surface area contributed by atoms with Crippen LogP contribution in [0.4, 0.5) is 5.82 Å². The predicted molar refractivity (Wildman–Crippen MR) is 98.8 cm³/mol. The summed E-state index contributed by atoms with van der Waals surface area (Å²) in [6, 6.07) is 7.79. The van der Waals surface area contributed by atoms with Crippen molar-refractivity contribution in [3.63, 3.8) is 0 Å². The lowest BCUT2D eigenvalue weighted by Crippen LogP contribution is -2.48. The van der Waals surface area contributed by atoms with Crippen LogP contribution in [0.5, 0.6) is 0 Å². The van der Waals surface area contributed by atoms with Crippen LogP contribution in [0.15, 0.2) is 24.3 Å². The maximum absolute atomic E-state index is 12.1. The number of para-hydroxylation sites is 1. The lowest BCUT2D eigenvalue weighted by Gasteiger charge is -2.34. The highest BCUT2D eigenvalue weighted by molar-refractivity contribution is 7.98. The van der Waals surface area contributed by atoms with Crippen LogP contribution >= 0.6 is 11.8 Å². The number of rotatable bonds is 5. The van der Waals surface area contributed by atoms with Crippen molar-refractivity contribution in [3.05, 3.63) is 30.1 Å². The molecule has 2 heterocycles. The Hall–Kier alpha value is -1.86. The Morgan fingerprint density at radius 1 is 1.21 bits per heavy atom. The number of nitrogens with zero attached hydrogens (tertiary/aromatic N) is 4. The molecule has 1 aromatic heterocycles. The lowest BCUT2D eigenvalue weighted by molar-refractivity contribution is -0.132. The minimum atomic E-state index is 0.259. The molecule has 3 rings (SSSR count). The normalized spacial score (nSPS) is 15.8. The minimum Gasteiger partial charge on any atom is -0.383 e. The largest absolute Gasteiger partial charge is 0.383 e. The second kappa shape index (κ2) is 7.81. The van der Waals surface area contributed by atoms with Crippen molar-refractivity contribution >= 4 is 34.4 Å². The first-order valence-corrected chi connectivity index (χ1v) is 9.57. The second-order valence-electron chi connectivity index (χ2n) is 5.94. The number of amides is 1. The number of carbonyl (C=O) groups excluding carboxylic acids is 1. The van der Waals surface area contributed by atoms with Gasteiger partial charge in [0, 0.05) is 43.7 Å². The molecule has 6 nitrogen and oxygen atoms in total. The molecular formula is C17H23N5OS. The Morgan fingerprint density at radius 2 is 1.96 bits per heavy atom. The van der Waals surface area contributed by atoms with Gasteiger partial charge in [0.15, 0.2) is 0 Å². The molecule has 0 aliphatic carbocycles. The molecule has 0 unspecified atom stereocenters. The quantitative estimate of drug-likeness (QED) is 0.887. The molecule has 0 radical (unpaired) electrons. The molecule has 1 aromatic carbocycles. The number of carbonyl (C=O) groups is 1. The summed E-state index contributed by atoms with van der Waals surface area (Å²) in [5.41, 5.74) is 6.93. The first-order valence-electron chi connectivity index (χ1n) is 8.17. The molecule has 1 saturated heterocycles. The smallest absolute Gasteiger partial charge is 0.223 e. The van der Waals surface area contributed by atoms with Gasteiger partial charge in [-0.15, -0.1) is 0 Å². The standard InChI is InChI=1S/C17H23N5OS/c1-24-11-6-16(23)22-9-7-21(8-10-22)12-15-19-14-5-3-2-4-13(14)17(18)20-15/h2-5H,6-12H2,1H3,(H2,18,19,20). The number of fused-ring (bicyclic) bond motifs is 1. The van der Waals surface area contributed by atoms with Crippen LogP contribution in [-0.2, 0) is 11.3 Å². The predicted octanol–water partition coefficient (Wildman–Crippen LogP) is 1.61. The van der Waals surface area contributed by atoms with Crippen molar-refractivity contribution in [2.45, 2.75) is 13.0 Å². The van der Waals surface area contributed by atoms with E-state index in [1.54, 1.807) is 11.8 Å². The molecule has 1 aliphatic rings. The summed E-state index contributed by atoms with van der Waals surface area (Å²) in [4.78, 5) is 25.3. The van der Waals surface area contributed by atoms with Gasteiger partial charge in [-0.1, -0.05) is 12.1 Å². The van der Waals surface area contributed by atoms with Crippen molar-refractivity contribution in [2.24, 2.45) is 0 Å². The Balaban J connectivity index is 1.59. The third-order valence-corrected chi connectivity index (χ3v) is 4.90. The number of anilines is 1. The van der Waals surface area contributed by atoms with Gasteiger partial charge in [0.25, 0.3) is 0 Å². The van der Waals surface area contributed by atoms with Gasteiger partial charge in [-0.05, 0) is 18.4 Å². The van der Waals surface area contributed by atoms with E-state index < -0.39 is 0 Å². The Morgan fingerprint density at radius 3 is 2.71 bits per heavy atom. The number of aromatic nitrogens is 2. The number of nitrogens with two attached hydrogens (primary N) is 1. The molecule has 1 amide bonds. The second-order valence-corrected chi connectivity index (χ2v) is 6.93. The average molecular weight is 345 g/mol. The fraction of sp³-hybridized carbons (Fsp3) is 0.471. The van der Waals surface area contributed by atoms with Gasteiger partial charge in [0.05, 0.1) is 12.1 Å². The van der Waals surface area contributed by atoms with E-state index in [4.69, 9.17) is 5.73 Å². The van der Waals surface area contributed by atoms with E-state index in [-0.39, 0.29) is 5.91 Å².